The van der Waals surface area contributed by atoms with Crippen LogP contribution in [-0.2, 0) is 19.5 Å². The van der Waals surface area contributed by atoms with E-state index in [2.05, 4.69) is 41.6 Å². The Hall–Kier alpha value is -0.540. The van der Waals surface area contributed by atoms with Gasteiger partial charge in [-0.3, -0.25) is 4.68 Å². The Balaban J connectivity index is 2.42. The molecule has 0 radical (unpaired) electrons. The molecule has 1 rings (SSSR count). The fraction of sp³-hybridized carbons (Fsp3) is 0.786. The molecule has 0 saturated heterocycles. The minimum absolute atomic E-state index is 0.784. The molecular formula is C14H26ClN3. The maximum Gasteiger partial charge on any atom is 0.0625 e. The molecule has 0 unspecified atom stereocenters. The Morgan fingerprint density at radius 2 is 2.06 bits per heavy atom. The van der Waals surface area contributed by atoms with Crippen LogP contribution in [0.1, 0.15) is 44.5 Å². The maximum absolute atomic E-state index is 5.68. The molecule has 0 saturated carbocycles. The molecule has 3 nitrogen and oxygen atoms in total. The molecule has 104 valence electrons. The lowest BCUT2D eigenvalue weighted by Crippen LogP contribution is -2.21. The Morgan fingerprint density at radius 3 is 2.67 bits per heavy atom. The fourth-order valence-electron chi connectivity index (χ4n) is 2.10. The van der Waals surface area contributed by atoms with E-state index in [0.29, 0.717) is 0 Å². The smallest absolute Gasteiger partial charge is 0.0625 e. The highest BCUT2D eigenvalue weighted by Gasteiger charge is 2.08. The third kappa shape index (κ3) is 4.99. The van der Waals surface area contributed by atoms with E-state index in [-0.39, 0.29) is 0 Å². The summed E-state index contributed by atoms with van der Waals surface area (Å²) >= 11 is 5.68. The van der Waals surface area contributed by atoms with E-state index in [1.807, 2.05) is 0 Å². The largest absolute Gasteiger partial charge is 0.301 e. The van der Waals surface area contributed by atoms with Gasteiger partial charge in [-0.2, -0.15) is 5.10 Å². The Kier molecular flexibility index (Phi) is 7.36. The van der Waals surface area contributed by atoms with E-state index in [9.17, 15) is 0 Å². The average Bonchev–Trinajstić information content (AvgIpc) is 2.77. The lowest BCUT2D eigenvalue weighted by molar-refractivity contribution is 0.307. The van der Waals surface area contributed by atoms with E-state index >= 15 is 0 Å². The van der Waals surface area contributed by atoms with Gasteiger partial charge in [-0.25, -0.2) is 0 Å². The van der Waals surface area contributed by atoms with Crippen molar-refractivity contribution in [1.82, 2.24) is 14.7 Å². The first-order chi connectivity index (χ1) is 8.71. The molecule has 1 heterocycles. The van der Waals surface area contributed by atoms with E-state index in [0.717, 1.165) is 38.4 Å². The highest BCUT2D eigenvalue weighted by molar-refractivity contribution is 6.17. The molecular weight excluding hydrogens is 246 g/mol. The number of hydrogen-bond donors (Lipinski definition) is 0. The van der Waals surface area contributed by atoms with Crippen LogP contribution < -0.4 is 0 Å². The SMILES string of the molecule is CCc1cc(CN(C)CCCCCCl)n(CC)n1. The van der Waals surface area contributed by atoms with Crippen LogP contribution in [0.4, 0.5) is 0 Å². The molecule has 4 heteroatoms. The predicted molar refractivity (Wildman–Crippen MR) is 78.2 cm³/mol. The first-order valence-electron chi connectivity index (χ1n) is 7.01. The fourth-order valence-corrected chi connectivity index (χ4v) is 2.29. The van der Waals surface area contributed by atoms with Gasteiger partial charge in [0.25, 0.3) is 0 Å². The van der Waals surface area contributed by atoms with Crippen LogP contribution >= 0.6 is 11.6 Å². The number of aryl methyl sites for hydroxylation is 2. The van der Waals surface area contributed by atoms with Gasteiger partial charge in [0.2, 0.25) is 0 Å². The zero-order valence-electron chi connectivity index (χ0n) is 12.0. The van der Waals surface area contributed by atoms with Gasteiger partial charge in [0, 0.05) is 19.0 Å². The molecule has 0 amide bonds. The predicted octanol–water partition coefficient (Wildman–Crippen LogP) is 3.31. The first-order valence-corrected chi connectivity index (χ1v) is 7.54. The van der Waals surface area contributed by atoms with Gasteiger partial charge < -0.3 is 4.90 Å². The Labute approximate surface area is 116 Å². The molecule has 0 spiro atoms. The van der Waals surface area contributed by atoms with Crippen LogP contribution in [0, 0.1) is 0 Å². The molecule has 1 aromatic rings. The van der Waals surface area contributed by atoms with Crippen molar-refractivity contribution < 1.29 is 0 Å². The molecule has 1 aromatic heterocycles. The molecule has 0 aliphatic heterocycles. The van der Waals surface area contributed by atoms with Crippen LogP contribution in [0.25, 0.3) is 0 Å². The van der Waals surface area contributed by atoms with Gasteiger partial charge in [-0.05, 0) is 45.8 Å². The summed E-state index contributed by atoms with van der Waals surface area (Å²) in [6, 6.07) is 2.23. The molecule has 0 aliphatic carbocycles. The van der Waals surface area contributed by atoms with E-state index in [4.69, 9.17) is 11.6 Å². The van der Waals surface area contributed by atoms with Gasteiger partial charge in [-0.1, -0.05) is 13.3 Å². The van der Waals surface area contributed by atoms with Crippen LogP contribution in [0.2, 0.25) is 0 Å². The summed E-state index contributed by atoms with van der Waals surface area (Å²) in [4.78, 5) is 2.37. The Morgan fingerprint density at radius 1 is 1.28 bits per heavy atom. The molecule has 0 aromatic carbocycles. The van der Waals surface area contributed by atoms with Gasteiger partial charge in [0.15, 0.2) is 0 Å². The second kappa shape index (κ2) is 8.54. The second-order valence-electron chi connectivity index (χ2n) is 4.78. The highest BCUT2D eigenvalue weighted by atomic mass is 35.5. The third-order valence-electron chi connectivity index (χ3n) is 3.18. The number of unbranched alkanes of at least 4 members (excludes halogenated alkanes) is 2. The van der Waals surface area contributed by atoms with Crippen LogP contribution in [0.3, 0.4) is 0 Å². The van der Waals surface area contributed by atoms with E-state index in [1.54, 1.807) is 0 Å². The van der Waals surface area contributed by atoms with Crippen molar-refractivity contribution in [3.8, 4) is 0 Å². The molecule has 0 aliphatic rings. The van der Waals surface area contributed by atoms with Crippen LogP contribution in [0.5, 0.6) is 0 Å². The minimum atomic E-state index is 0.784. The van der Waals surface area contributed by atoms with Crippen molar-refractivity contribution in [3.05, 3.63) is 17.5 Å². The standard InChI is InChI=1S/C14H26ClN3/c1-4-13-11-14(18(5-2)16-13)12-17(3)10-8-6-7-9-15/h11H,4-10,12H2,1-3H3. The lowest BCUT2D eigenvalue weighted by Gasteiger charge is -2.16. The first kappa shape index (κ1) is 15.5. The van der Waals surface area contributed by atoms with Crippen molar-refractivity contribution >= 4 is 11.6 Å². The lowest BCUT2D eigenvalue weighted by atomic mass is 10.2. The quantitative estimate of drug-likeness (QED) is 0.508. The van der Waals surface area contributed by atoms with Gasteiger partial charge in [0.05, 0.1) is 11.4 Å². The zero-order valence-corrected chi connectivity index (χ0v) is 12.7. The molecule has 18 heavy (non-hydrogen) atoms. The highest BCUT2D eigenvalue weighted by Crippen LogP contribution is 2.09. The number of hydrogen-bond acceptors (Lipinski definition) is 2. The summed E-state index contributed by atoms with van der Waals surface area (Å²) in [5.41, 5.74) is 2.52. The maximum atomic E-state index is 5.68. The monoisotopic (exact) mass is 271 g/mol. The molecule has 0 fully saturated rings. The number of alkyl halides is 1. The third-order valence-corrected chi connectivity index (χ3v) is 3.45. The molecule has 0 N–H and O–H groups in total. The van der Waals surface area contributed by atoms with Crippen molar-refractivity contribution in [2.45, 2.75) is 52.6 Å². The average molecular weight is 272 g/mol. The number of nitrogens with zero attached hydrogens (tertiary/aromatic N) is 3. The number of halogens is 1. The van der Waals surface area contributed by atoms with Crippen LogP contribution in [0.15, 0.2) is 6.07 Å². The number of aromatic nitrogens is 2. The van der Waals surface area contributed by atoms with Gasteiger partial charge in [0.1, 0.15) is 0 Å². The zero-order chi connectivity index (χ0) is 13.4. The molecule has 0 atom stereocenters. The summed E-state index contributed by atoms with van der Waals surface area (Å²) in [5.74, 6) is 0.784. The van der Waals surface area contributed by atoms with Gasteiger partial charge in [-0.15, -0.1) is 11.6 Å². The van der Waals surface area contributed by atoms with Gasteiger partial charge >= 0.3 is 0 Å². The van der Waals surface area contributed by atoms with E-state index in [1.165, 1.54) is 24.2 Å². The Bertz CT molecular complexity index is 336. The summed E-state index contributed by atoms with van der Waals surface area (Å²) in [6.45, 7) is 7.38. The van der Waals surface area contributed by atoms with Crippen molar-refractivity contribution in [1.29, 1.82) is 0 Å². The summed E-state index contributed by atoms with van der Waals surface area (Å²) in [6.07, 6.45) is 4.59. The number of rotatable bonds is 9. The minimum Gasteiger partial charge on any atom is -0.301 e. The van der Waals surface area contributed by atoms with Crippen molar-refractivity contribution in [2.75, 3.05) is 19.5 Å². The summed E-state index contributed by atoms with van der Waals surface area (Å²) in [7, 11) is 2.18. The van der Waals surface area contributed by atoms with Crippen LogP contribution in [-0.4, -0.2) is 34.2 Å². The normalized spacial score (nSPS) is 11.4. The summed E-state index contributed by atoms with van der Waals surface area (Å²) < 4.78 is 2.12. The molecule has 0 bridgehead atoms. The topological polar surface area (TPSA) is 21.1 Å². The van der Waals surface area contributed by atoms with E-state index < -0.39 is 0 Å². The summed E-state index contributed by atoms with van der Waals surface area (Å²) in [5, 5.41) is 4.58. The van der Waals surface area contributed by atoms with Crippen molar-refractivity contribution in [2.24, 2.45) is 0 Å². The second-order valence-corrected chi connectivity index (χ2v) is 5.16. The van der Waals surface area contributed by atoms with Crippen molar-refractivity contribution in [3.63, 3.8) is 0 Å².